The smallest absolute Gasteiger partial charge is 0.419 e. The molecular weight excluding hydrogens is 324 g/mol. The van der Waals surface area contributed by atoms with E-state index in [2.05, 4.69) is 18.0 Å². The van der Waals surface area contributed by atoms with Crippen LogP contribution in [0.25, 0.3) is 0 Å². The molecule has 25 heavy (non-hydrogen) atoms. The fourth-order valence-corrected chi connectivity index (χ4v) is 3.84. The molecule has 0 aromatic carbocycles. The summed E-state index contributed by atoms with van der Waals surface area (Å²) in [6.45, 7) is 2.33. The summed E-state index contributed by atoms with van der Waals surface area (Å²) in [5.41, 5.74) is 0.870. The van der Waals surface area contributed by atoms with Gasteiger partial charge in [-0.2, -0.15) is 0 Å². The maximum atomic E-state index is 11.9. The zero-order chi connectivity index (χ0) is 17.4. The molecule has 0 unspecified atom stereocenters. The van der Waals surface area contributed by atoms with Gasteiger partial charge in [0.1, 0.15) is 25.1 Å². The second-order valence-corrected chi connectivity index (χ2v) is 7.23. The molecule has 0 saturated carbocycles. The minimum atomic E-state index is -0.440. The molecule has 0 bridgehead atoms. The van der Waals surface area contributed by atoms with Crippen molar-refractivity contribution >= 4 is 12.1 Å². The summed E-state index contributed by atoms with van der Waals surface area (Å²) >= 11 is 0. The van der Waals surface area contributed by atoms with Gasteiger partial charge >= 0.3 is 12.1 Å². The number of hydrogen-bond donors (Lipinski definition) is 0. The molecule has 1 aliphatic carbocycles. The molecule has 0 spiro atoms. The first-order chi connectivity index (χ1) is 12.0. The SMILES string of the molecule is C[C@@]12CC/C=C(/COC(=O)n3ccnc3)CC[C@H]3CC(=O)O[C@@H]3[C@H]1O2. The highest BCUT2D eigenvalue weighted by Crippen LogP contribution is 2.48. The van der Waals surface area contributed by atoms with Gasteiger partial charge in [-0.3, -0.25) is 4.79 Å². The van der Waals surface area contributed by atoms with Crippen LogP contribution in [-0.4, -0.2) is 46.0 Å². The highest BCUT2D eigenvalue weighted by molar-refractivity contribution is 5.72. The third-order valence-corrected chi connectivity index (χ3v) is 5.41. The van der Waals surface area contributed by atoms with Gasteiger partial charge in [-0.05, 0) is 38.2 Å². The molecule has 1 aromatic heterocycles. The van der Waals surface area contributed by atoms with E-state index in [0.717, 1.165) is 31.3 Å². The van der Waals surface area contributed by atoms with Crippen molar-refractivity contribution in [2.45, 2.75) is 56.8 Å². The maximum absolute atomic E-state index is 11.9. The summed E-state index contributed by atoms with van der Waals surface area (Å²) in [4.78, 5) is 27.5. The van der Waals surface area contributed by atoms with Crippen LogP contribution >= 0.6 is 0 Å². The lowest BCUT2D eigenvalue weighted by Crippen LogP contribution is -2.28. The first-order valence-electron chi connectivity index (χ1n) is 8.75. The predicted molar refractivity (Wildman–Crippen MR) is 86.8 cm³/mol. The van der Waals surface area contributed by atoms with E-state index in [0.29, 0.717) is 6.42 Å². The topological polar surface area (TPSA) is 83.0 Å². The van der Waals surface area contributed by atoms with Crippen LogP contribution in [0.15, 0.2) is 30.4 Å². The normalized spacial score (nSPS) is 36.4. The molecular formula is C18H22N2O5. The second-order valence-electron chi connectivity index (χ2n) is 7.23. The molecule has 0 radical (unpaired) electrons. The molecule has 7 heteroatoms. The Balaban J connectivity index is 1.41. The molecule has 4 rings (SSSR count). The monoisotopic (exact) mass is 346 g/mol. The fourth-order valence-electron chi connectivity index (χ4n) is 3.84. The van der Waals surface area contributed by atoms with Crippen LogP contribution in [0.4, 0.5) is 4.79 Å². The summed E-state index contributed by atoms with van der Waals surface area (Å²) in [5, 5.41) is 0. The van der Waals surface area contributed by atoms with Gasteiger partial charge in [0.25, 0.3) is 0 Å². The molecule has 3 heterocycles. The fraction of sp³-hybridized carbons (Fsp3) is 0.611. The van der Waals surface area contributed by atoms with Crippen LogP contribution in [0.2, 0.25) is 0 Å². The first kappa shape index (κ1) is 16.3. The first-order valence-corrected chi connectivity index (χ1v) is 8.75. The van der Waals surface area contributed by atoms with Gasteiger partial charge in [0.05, 0.1) is 12.0 Å². The van der Waals surface area contributed by atoms with Crippen LogP contribution < -0.4 is 0 Å². The number of carbonyl (C=O) groups excluding carboxylic acids is 2. The van der Waals surface area contributed by atoms with E-state index >= 15 is 0 Å². The number of rotatable bonds is 2. The molecule has 4 atom stereocenters. The van der Waals surface area contributed by atoms with Crippen LogP contribution in [0, 0.1) is 5.92 Å². The molecule has 0 amide bonds. The zero-order valence-corrected chi connectivity index (χ0v) is 14.2. The van der Waals surface area contributed by atoms with Crippen molar-refractivity contribution in [1.82, 2.24) is 9.55 Å². The number of ether oxygens (including phenoxy) is 3. The van der Waals surface area contributed by atoms with E-state index < -0.39 is 6.09 Å². The van der Waals surface area contributed by atoms with Gasteiger partial charge in [-0.1, -0.05) is 6.08 Å². The van der Waals surface area contributed by atoms with Gasteiger partial charge in [0.2, 0.25) is 0 Å². The van der Waals surface area contributed by atoms with Gasteiger partial charge in [0.15, 0.2) is 0 Å². The second kappa shape index (κ2) is 6.29. The number of aromatic nitrogens is 2. The van der Waals surface area contributed by atoms with E-state index in [-0.39, 0.29) is 36.3 Å². The Morgan fingerprint density at radius 1 is 1.52 bits per heavy atom. The third-order valence-electron chi connectivity index (χ3n) is 5.41. The maximum Gasteiger partial charge on any atom is 0.419 e. The van der Waals surface area contributed by atoms with Crippen molar-refractivity contribution in [3.63, 3.8) is 0 Å². The Labute approximate surface area is 146 Å². The quantitative estimate of drug-likeness (QED) is 0.465. The summed E-state index contributed by atoms with van der Waals surface area (Å²) in [7, 11) is 0. The highest BCUT2D eigenvalue weighted by atomic mass is 16.6. The minimum absolute atomic E-state index is 0.0259. The molecule has 3 aliphatic rings. The van der Waals surface area contributed by atoms with Crippen LogP contribution in [0.5, 0.6) is 0 Å². The van der Waals surface area contributed by atoms with Gasteiger partial charge in [-0.15, -0.1) is 0 Å². The molecule has 2 saturated heterocycles. The molecule has 2 fully saturated rings. The number of imidazole rings is 1. The average Bonchev–Trinajstić information content (AvgIpc) is 2.98. The number of fused-ring (bicyclic) bond motifs is 3. The van der Waals surface area contributed by atoms with E-state index in [9.17, 15) is 9.59 Å². The molecule has 134 valence electrons. The van der Waals surface area contributed by atoms with Crippen molar-refractivity contribution in [2.24, 2.45) is 5.92 Å². The van der Waals surface area contributed by atoms with Crippen molar-refractivity contribution < 1.29 is 23.8 Å². The zero-order valence-electron chi connectivity index (χ0n) is 14.2. The predicted octanol–water partition coefficient (Wildman–Crippen LogP) is 2.46. The van der Waals surface area contributed by atoms with E-state index in [1.807, 2.05) is 0 Å². The van der Waals surface area contributed by atoms with Crippen molar-refractivity contribution in [3.05, 3.63) is 30.4 Å². The Morgan fingerprint density at radius 2 is 2.40 bits per heavy atom. The van der Waals surface area contributed by atoms with E-state index in [1.165, 1.54) is 17.1 Å². The lowest BCUT2D eigenvalue weighted by molar-refractivity contribution is -0.142. The van der Waals surface area contributed by atoms with Gasteiger partial charge in [-0.25, -0.2) is 14.3 Å². The Bertz CT molecular complexity index is 698. The Hall–Kier alpha value is -2.15. The summed E-state index contributed by atoms with van der Waals surface area (Å²) < 4.78 is 18.1. The van der Waals surface area contributed by atoms with Gasteiger partial charge in [0, 0.05) is 18.3 Å². The largest absolute Gasteiger partial charge is 0.459 e. The lowest BCUT2D eigenvalue weighted by Gasteiger charge is -2.19. The number of allylic oxidation sites excluding steroid dienone is 1. The molecule has 2 aliphatic heterocycles. The van der Waals surface area contributed by atoms with Crippen molar-refractivity contribution in [1.29, 1.82) is 0 Å². The highest BCUT2D eigenvalue weighted by Gasteiger charge is 2.60. The number of hydrogen-bond acceptors (Lipinski definition) is 6. The summed E-state index contributed by atoms with van der Waals surface area (Å²) in [6.07, 6.45) is 9.91. The standard InChI is InChI=1S/C18H22N2O5/c1-18-6-2-3-12(10-23-17(22)20-8-7-19-11-20)4-5-13-9-14(21)24-15(13)16(18)25-18/h3,7-8,11,13,15-16H,2,4-6,9-10H2,1H3/b12-3+/t13-,15-,16+,18+/m0/s1. The lowest BCUT2D eigenvalue weighted by atomic mass is 9.85. The summed E-state index contributed by atoms with van der Waals surface area (Å²) in [6, 6.07) is 0. The number of nitrogens with zero attached hydrogens (tertiary/aromatic N) is 2. The van der Waals surface area contributed by atoms with E-state index in [4.69, 9.17) is 14.2 Å². The number of esters is 1. The Morgan fingerprint density at radius 3 is 3.20 bits per heavy atom. The minimum Gasteiger partial charge on any atom is -0.459 e. The van der Waals surface area contributed by atoms with Crippen molar-refractivity contribution in [3.8, 4) is 0 Å². The van der Waals surface area contributed by atoms with Crippen LogP contribution in [-0.2, 0) is 19.0 Å². The number of epoxide rings is 1. The molecule has 0 N–H and O–H groups in total. The van der Waals surface area contributed by atoms with Crippen molar-refractivity contribution in [2.75, 3.05) is 6.61 Å². The third kappa shape index (κ3) is 3.33. The summed E-state index contributed by atoms with van der Waals surface area (Å²) in [5.74, 6) is 0.0364. The van der Waals surface area contributed by atoms with E-state index in [1.54, 1.807) is 6.20 Å². The van der Waals surface area contributed by atoms with Crippen LogP contribution in [0.3, 0.4) is 0 Å². The average molecular weight is 346 g/mol. The molecule has 1 aromatic rings. The Kier molecular flexibility index (Phi) is 4.11. The van der Waals surface area contributed by atoms with Gasteiger partial charge < -0.3 is 14.2 Å². The number of carbonyl (C=O) groups is 2. The molecule has 7 nitrogen and oxygen atoms in total. The van der Waals surface area contributed by atoms with Crippen LogP contribution in [0.1, 0.15) is 39.0 Å².